The predicted molar refractivity (Wildman–Crippen MR) is 96.7 cm³/mol. The minimum atomic E-state index is 0.807. The predicted octanol–water partition coefficient (Wildman–Crippen LogP) is 4.77. The van der Waals surface area contributed by atoms with E-state index in [9.17, 15) is 0 Å². The second-order valence-corrected chi connectivity index (χ2v) is 8.03. The molecule has 2 nitrogen and oxygen atoms in total. The number of benzene rings is 2. The molecular weight excluding hydrogens is 300 g/mol. The molecule has 2 aromatic rings. The second kappa shape index (κ2) is 5.57. The van der Waals surface area contributed by atoms with E-state index in [0.29, 0.717) is 0 Å². The third-order valence-electron chi connectivity index (χ3n) is 5.69. The fourth-order valence-electron chi connectivity index (χ4n) is 4.61. The second-order valence-electron chi connectivity index (χ2n) is 6.94. The summed E-state index contributed by atoms with van der Waals surface area (Å²) in [6, 6.07) is 18.6. The summed E-state index contributed by atoms with van der Waals surface area (Å²) in [5, 5.41) is 0. The van der Waals surface area contributed by atoms with Crippen LogP contribution in [0.1, 0.15) is 19.3 Å². The first-order chi connectivity index (χ1) is 11.4. The Balaban J connectivity index is 1.52. The molecule has 3 heterocycles. The SMILES string of the molecule is c1ccc2c(c1)Sc1ccccc1N2CC1CCN2CCCC12. The van der Waals surface area contributed by atoms with E-state index in [1.165, 1.54) is 53.5 Å². The lowest BCUT2D eigenvalue weighted by Crippen LogP contribution is -2.34. The number of rotatable bonds is 2. The molecule has 0 saturated carbocycles. The Morgan fingerprint density at radius 2 is 1.57 bits per heavy atom. The van der Waals surface area contributed by atoms with Crippen LogP contribution in [0.3, 0.4) is 0 Å². The molecule has 2 atom stereocenters. The van der Waals surface area contributed by atoms with Crippen molar-refractivity contribution in [3.8, 4) is 0 Å². The van der Waals surface area contributed by atoms with Crippen LogP contribution in [0.4, 0.5) is 11.4 Å². The summed E-state index contributed by atoms with van der Waals surface area (Å²) in [7, 11) is 0. The summed E-state index contributed by atoms with van der Waals surface area (Å²) in [5.74, 6) is 0.807. The molecule has 5 rings (SSSR count). The van der Waals surface area contributed by atoms with Gasteiger partial charge in [-0.3, -0.25) is 0 Å². The number of anilines is 2. The topological polar surface area (TPSA) is 6.48 Å². The van der Waals surface area contributed by atoms with Crippen LogP contribution in [-0.2, 0) is 0 Å². The van der Waals surface area contributed by atoms with Gasteiger partial charge in [0.05, 0.1) is 11.4 Å². The fourth-order valence-corrected chi connectivity index (χ4v) is 5.71. The zero-order chi connectivity index (χ0) is 15.2. The molecule has 0 radical (unpaired) electrons. The minimum absolute atomic E-state index is 0.807. The lowest BCUT2D eigenvalue weighted by molar-refractivity contribution is 0.293. The Bertz CT molecular complexity index is 684. The summed E-state index contributed by atoms with van der Waals surface area (Å²) in [5.41, 5.74) is 2.79. The molecule has 2 saturated heterocycles. The van der Waals surface area contributed by atoms with Gasteiger partial charge in [-0.25, -0.2) is 0 Å². The highest BCUT2D eigenvalue weighted by Gasteiger charge is 2.38. The molecular formula is C20H22N2S. The maximum atomic E-state index is 2.72. The number of hydrogen-bond acceptors (Lipinski definition) is 3. The maximum Gasteiger partial charge on any atom is 0.0552 e. The normalized spacial score (nSPS) is 26.0. The van der Waals surface area contributed by atoms with Crippen LogP contribution in [0.15, 0.2) is 58.3 Å². The van der Waals surface area contributed by atoms with Crippen molar-refractivity contribution in [2.24, 2.45) is 5.92 Å². The Kier molecular flexibility index (Phi) is 3.38. The van der Waals surface area contributed by atoms with E-state index < -0.39 is 0 Å². The van der Waals surface area contributed by atoms with Gasteiger partial charge in [-0.1, -0.05) is 36.0 Å². The van der Waals surface area contributed by atoms with Gasteiger partial charge in [0.1, 0.15) is 0 Å². The molecule has 0 aliphatic carbocycles. The summed E-state index contributed by atoms with van der Waals surface area (Å²) < 4.78 is 0. The van der Waals surface area contributed by atoms with Gasteiger partial charge < -0.3 is 9.80 Å². The van der Waals surface area contributed by atoms with E-state index in [-0.39, 0.29) is 0 Å². The number of nitrogens with zero attached hydrogens (tertiary/aromatic N) is 2. The standard InChI is InChI=1S/C20H22N2S/c1-3-9-19-17(6-1)22(18-7-2-4-10-20(18)23-19)14-15-11-13-21-12-5-8-16(15)21/h1-4,6-7,9-10,15-16H,5,8,11-14H2. The number of fused-ring (bicyclic) bond motifs is 3. The van der Waals surface area contributed by atoms with E-state index in [4.69, 9.17) is 0 Å². The smallest absolute Gasteiger partial charge is 0.0552 e. The van der Waals surface area contributed by atoms with Crippen LogP contribution in [-0.4, -0.2) is 30.6 Å². The van der Waals surface area contributed by atoms with Crippen LogP contribution in [0.25, 0.3) is 0 Å². The Morgan fingerprint density at radius 3 is 2.30 bits per heavy atom. The molecule has 118 valence electrons. The van der Waals surface area contributed by atoms with Crippen LogP contribution >= 0.6 is 11.8 Å². The summed E-state index contributed by atoms with van der Waals surface area (Å²) >= 11 is 1.91. The summed E-state index contributed by atoms with van der Waals surface area (Å²) in [4.78, 5) is 8.11. The van der Waals surface area contributed by atoms with Crippen LogP contribution in [0.2, 0.25) is 0 Å². The number of hydrogen-bond donors (Lipinski definition) is 0. The molecule has 0 N–H and O–H groups in total. The summed E-state index contributed by atoms with van der Waals surface area (Å²) in [6.45, 7) is 3.79. The van der Waals surface area contributed by atoms with E-state index >= 15 is 0 Å². The van der Waals surface area contributed by atoms with Crippen molar-refractivity contribution < 1.29 is 0 Å². The van der Waals surface area contributed by atoms with Crippen LogP contribution in [0, 0.1) is 5.92 Å². The average Bonchev–Trinajstić information content (AvgIpc) is 3.19. The highest BCUT2D eigenvalue weighted by atomic mass is 32.2. The third kappa shape index (κ3) is 2.29. The first kappa shape index (κ1) is 13.9. The van der Waals surface area contributed by atoms with E-state index in [1.807, 2.05) is 11.8 Å². The van der Waals surface area contributed by atoms with Crippen molar-refractivity contribution in [3.63, 3.8) is 0 Å². The molecule has 0 bridgehead atoms. The van der Waals surface area contributed by atoms with Crippen molar-refractivity contribution in [2.75, 3.05) is 24.5 Å². The van der Waals surface area contributed by atoms with Gasteiger partial charge in [0, 0.05) is 22.4 Å². The Labute approximate surface area is 142 Å². The van der Waals surface area contributed by atoms with E-state index in [2.05, 4.69) is 58.3 Å². The van der Waals surface area contributed by atoms with Crippen molar-refractivity contribution >= 4 is 23.1 Å². The molecule has 0 spiro atoms. The zero-order valence-corrected chi connectivity index (χ0v) is 14.1. The first-order valence-electron chi connectivity index (χ1n) is 8.78. The van der Waals surface area contributed by atoms with E-state index in [1.54, 1.807) is 0 Å². The molecule has 3 heteroatoms. The first-order valence-corrected chi connectivity index (χ1v) is 9.59. The monoisotopic (exact) mass is 322 g/mol. The average molecular weight is 322 g/mol. The van der Waals surface area contributed by atoms with Crippen LogP contribution < -0.4 is 4.90 Å². The zero-order valence-electron chi connectivity index (χ0n) is 13.3. The van der Waals surface area contributed by atoms with Gasteiger partial charge in [0.2, 0.25) is 0 Å². The van der Waals surface area contributed by atoms with Crippen molar-refractivity contribution in [1.29, 1.82) is 0 Å². The van der Waals surface area contributed by atoms with Gasteiger partial charge in [0.15, 0.2) is 0 Å². The highest BCUT2D eigenvalue weighted by Crippen LogP contribution is 2.49. The van der Waals surface area contributed by atoms with Gasteiger partial charge in [-0.15, -0.1) is 0 Å². The highest BCUT2D eigenvalue weighted by molar-refractivity contribution is 7.99. The van der Waals surface area contributed by atoms with Gasteiger partial charge in [-0.05, 0) is 62.5 Å². The number of para-hydroxylation sites is 2. The molecule has 0 amide bonds. The molecule has 23 heavy (non-hydrogen) atoms. The van der Waals surface area contributed by atoms with Crippen LogP contribution in [0.5, 0.6) is 0 Å². The lowest BCUT2D eigenvalue weighted by Gasteiger charge is -2.35. The van der Waals surface area contributed by atoms with Crippen molar-refractivity contribution in [3.05, 3.63) is 48.5 Å². The van der Waals surface area contributed by atoms with Crippen molar-refractivity contribution in [1.82, 2.24) is 4.90 Å². The molecule has 3 aliphatic rings. The third-order valence-corrected chi connectivity index (χ3v) is 6.82. The van der Waals surface area contributed by atoms with Gasteiger partial charge in [0.25, 0.3) is 0 Å². The summed E-state index contributed by atoms with van der Waals surface area (Å²) in [6.07, 6.45) is 4.15. The molecule has 0 aromatic heterocycles. The Morgan fingerprint density at radius 1 is 0.870 bits per heavy atom. The maximum absolute atomic E-state index is 2.72. The molecule has 3 aliphatic heterocycles. The van der Waals surface area contributed by atoms with Gasteiger partial charge >= 0.3 is 0 Å². The molecule has 2 unspecified atom stereocenters. The minimum Gasteiger partial charge on any atom is -0.339 e. The fraction of sp³-hybridized carbons (Fsp3) is 0.400. The quantitative estimate of drug-likeness (QED) is 0.786. The molecule has 2 fully saturated rings. The van der Waals surface area contributed by atoms with Gasteiger partial charge in [-0.2, -0.15) is 0 Å². The lowest BCUT2D eigenvalue weighted by atomic mass is 9.97. The molecule has 2 aromatic carbocycles. The largest absolute Gasteiger partial charge is 0.339 e. The van der Waals surface area contributed by atoms with Crippen molar-refractivity contribution in [2.45, 2.75) is 35.1 Å². The Hall–Kier alpha value is -1.45. The van der Waals surface area contributed by atoms with E-state index in [0.717, 1.165) is 18.5 Å².